The van der Waals surface area contributed by atoms with E-state index < -0.39 is 6.10 Å². The molecule has 3 rings (SSSR count). The Morgan fingerprint density at radius 2 is 2.21 bits per heavy atom. The van der Waals surface area contributed by atoms with Crippen LogP contribution in [0.3, 0.4) is 0 Å². The van der Waals surface area contributed by atoms with Crippen molar-refractivity contribution in [2.75, 3.05) is 20.7 Å². The van der Waals surface area contributed by atoms with Gasteiger partial charge in [-0.2, -0.15) is 5.10 Å². The van der Waals surface area contributed by atoms with Crippen LogP contribution in [-0.2, 0) is 24.3 Å². The Bertz CT molecular complexity index is 805. The fourth-order valence-electron chi connectivity index (χ4n) is 3.30. The number of carbonyl (C=O) groups is 1. The SMILES string of the molecule is CCOc1cc(CNC2CCc3ncnn3C2)ccc1OC(C)C(=O)N(C)C. The first-order valence-electron chi connectivity index (χ1n) is 9.71. The van der Waals surface area contributed by atoms with Crippen LogP contribution in [0.25, 0.3) is 0 Å². The van der Waals surface area contributed by atoms with Crippen molar-refractivity contribution >= 4 is 5.91 Å². The molecule has 2 aromatic rings. The molecule has 0 aliphatic carbocycles. The van der Waals surface area contributed by atoms with Crippen LogP contribution in [-0.4, -0.2) is 58.4 Å². The fourth-order valence-corrected chi connectivity index (χ4v) is 3.30. The average molecular weight is 387 g/mol. The van der Waals surface area contributed by atoms with Crippen molar-refractivity contribution in [3.05, 3.63) is 35.9 Å². The van der Waals surface area contributed by atoms with Gasteiger partial charge in [-0.15, -0.1) is 0 Å². The maximum Gasteiger partial charge on any atom is 0.262 e. The third-order valence-corrected chi connectivity index (χ3v) is 4.80. The molecule has 0 radical (unpaired) electrons. The molecule has 0 bridgehead atoms. The molecule has 0 fully saturated rings. The Morgan fingerprint density at radius 3 is 2.96 bits per heavy atom. The Balaban J connectivity index is 1.63. The summed E-state index contributed by atoms with van der Waals surface area (Å²) in [6.07, 6.45) is 3.03. The zero-order chi connectivity index (χ0) is 20.1. The van der Waals surface area contributed by atoms with Crippen LogP contribution in [0.15, 0.2) is 24.5 Å². The highest BCUT2D eigenvalue weighted by molar-refractivity contribution is 5.80. The molecule has 1 aliphatic heterocycles. The van der Waals surface area contributed by atoms with Crippen LogP contribution >= 0.6 is 0 Å². The lowest BCUT2D eigenvalue weighted by molar-refractivity contribution is -0.135. The highest BCUT2D eigenvalue weighted by atomic mass is 16.5. The fraction of sp³-hybridized carbons (Fsp3) is 0.550. The van der Waals surface area contributed by atoms with E-state index in [4.69, 9.17) is 9.47 Å². The molecule has 8 nitrogen and oxygen atoms in total. The summed E-state index contributed by atoms with van der Waals surface area (Å²) in [4.78, 5) is 17.9. The first-order valence-corrected chi connectivity index (χ1v) is 9.71. The van der Waals surface area contributed by atoms with Gasteiger partial charge in [-0.25, -0.2) is 9.67 Å². The second-order valence-corrected chi connectivity index (χ2v) is 7.18. The summed E-state index contributed by atoms with van der Waals surface area (Å²) >= 11 is 0. The van der Waals surface area contributed by atoms with E-state index in [-0.39, 0.29) is 5.91 Å². The van der Waals surface area contributed by atoms with Crippen molar-refractivity contribution in [3.8, 4) is 11.5 Å². The first kappa shape index (κ1) is 20.1. The lowest BCUT2D eigenvalue weighted by atomic mass is 10.1. The number of fused-ring (bicyclic) bond motifs is 1. The van der Waals surface area contributed by atoms with E-state index in [1.165, 1.54) is 4.90 Å². The molecule has 2 atom stereocenters. The Labute approximate surface area is 165 Å². The third-order valence-electron chi connectivity index (χ3n) is 4.80. The van der Waals surface area contributed by atoms with Crippen LogP contribution in [0.4, 0.5) is 0 Å². The van der Waals surface area contributed by atoms with E-state index in [0.717, 1.165) is 37.3 Å². The molecule has 1 aliphatic rings. The van der Waals surface area contributed by atoms with Crippen LogP contribution in [0.2, 0.25) is 0 Å². The summed E-state index contributed by atoms with van der Waals surface area (Å²) < 4.78 is 13.6. The molecule has 1 aromatic heterocycles. The van der Waals surface area contributed by atoms with Crippen LogP contribution in [0.1, 0.15) is 31.7 Å². The number of nitrogens with one attached hydrogen (secondary N) is 1. The molecule has 1 amide bonds. The van der Waals surface area contributed by atoms with Crippen molar-refractivity contribution in [1.82, 2.24) is 25.0 Å². The molecular weight excluding hydrogens is 358 g/mol. The van der Waals surface area contributed by atoms with Gasteiger partial charge in [-0.1, -0.05) is 6.07 Å². The smallest absolute Gasteiger partial charge is 0.262 e. The van der Waals surface area contributed by atoms with E-state index in [0.29, 0.717) is 24.1 Å². The summed E-state index contributed by atoms with van der Waals surface area (Å²) in [5, 5.41) is 7.85. The quantitative estimate of drug-likeness (QED) is 0.742. The number of hydrogen-bond donors (Lipinski definition) is 1. The molecule has 1 N–H and O–H groups in total. The Kier molecular flexibility index (Phi) is 6.51. The molecule has 152 valence electrons. The standard InChI is InChI=1S/C20H29N5O3/c1-5-27-18-10-15(6-8-17(18)28-14(2)20(26)24(3)4)11-21-16-7-9-19-22-13-23-25(19)12-16/h6,8,10,13-14,16,21H,5,7,9,11-12H2,1-4H3. The van der Waals surface area contributed by atoms with Crippen LogP contribution in [0.5, 0.6) is 11.5 Å². The maximum atomic E-state index is 12.1. The Morgan fingerprint density at radius 1 is 1.39 bits per heavy atom. The number of benzene rings is 1. The largest absolute Gasteiger partial charge is 0.490 e. The summed E-state index contributed by atoms with van der Waals surface area (Å²) in [5.41, 5.74) is 1.10. The lowest BCUT2D eigenvalue weighted by Crippen LogP contribution is -2.37. The van der Waals surface area contributed by atoms with E-state index in [1.807, 2.05) is 29.8 Å². The highest BCUT2D eigenvalue weighted by Crippen LogP contribution is 2.30. The normalized spacial score (nSPS) is 16.9. The minimum atomic E-state index is -0.572. The summed E-state index contributed by atoms with van der Waals surface area (Å²) in [6, 6.07) is 6.21. The summed E-state index contributed by atoms with van der Waals surface area (Å²) in [7, 11) is 3.43. The maximum absolute atomic E-state index is 12.1. The second kappa shape index (κ2) is 9.05. The van der Waals surface area contributed by atoms with Crippen molar-refractivity contribution in [2.24, 2.45) is 0 Å². The molecule has 8 heteroatoms. The van der Waals surface area contributed by atoms with Gasteiger partial charge in [0.05, 0.1) is 13.2 Å². The van der Waals surface area contributed by atoms with Gasteiger partial charge in [0.2, 0.25) is 0 Å². The minimum absolute atomic E-state index is 0.0852. The predicted molar refractivity (Wildman–Crippen MR) is 105 cm³/mol. The van der Waals surface area contributed by atoms with E-state index in [2.05, 4.69) is 15.4 Å². The van der Waals surface area contributed by atoms with Crippen molar-refractivity contribution in [1.29, 1.82) is 0 Å². The van der Waals surface area contributed by atoms with Gasteiger partial charge in [0.25, 0.3) is 5.91 Å². The number of ether oxygens (including phenoxy) is 2. The lowest BCUT2D eigenvalue weighted by Gasteiger charge is -2.24. The number of aryl methyl sites for hydroxylation is 1. The van der Waals surface area contributed by atoms with Gasteiger partial charge in [0, 0.05) is 33.1 Å². The number of hydrogen-bond acceptors (Lipinski definition) is 6. The summed E-state index contributed by atoms with van der Waals surface area (Å²) in [6.45, 7) is 5.76. The van der Waals surface area contributed by atoms with Crippen LogP contribution < -0.4 is 14.8 Å². The molecule has 2 heterocycles. The number of carbonyl (C=O) groups excluding carboxylic acids is 1. The molecule has 2 unspecified atom stereocenters. The molecule has 0 saturated carbocycles. The molecular formula is C20H29N5O3. The number of amides is 1. The third kappa shape index (κ3) is 4.81. The first-order chi connectivity index (χ1) is 13.5. The van der Waals surface area contributed by atoms with Crippen LogP contribution in [0, 0.1) is 0 Å². The van der Waals surface area contributed by atoms with Gasteiger partial charge in [-0.05, 0) is 38.0 Å². The monoisotopic (exact) mass is 387 g/mol. The van der Waals surface area contributed by atoms with Crippen molar-refractivity contribution in [3.63, 3.8) is 0 Å². The molecule has 1 aromatic carbocycles. The van der Waals surface area contributed by atoms with Crippen molar-refractivity contribution in [2.45, 2.75) is 51.9 Å². The van der Waals surface area contributed by atoms with Gasteiger partial charge in [0.15, 0.2) is 17.6 Å². The zero-order valence-corrected chi connectivity index (χ0v) is 17.0. The Hall–Kier alpha value is -2.61. The number of likely N-dealkylation sites (N-methyl/N-ethyl adjacent to an activating group) is 1. The second-order valence-electron chi connectivity index (χ2n) is 7.18. The van der Waals surface area contributed by atoms with E-state index >= 15 is 0 Å². The highest BCUT2D eigenvalue weighted by Gasteiger charge is 2.21. The molecule has 0 spiro atoms. The predicted octanol–water partition coefficient (Wildman–Crippen LogP) is 1.64. The van der Waals surface area contributed by atoms with Gasteiger partial charge < -0.3 is 19.7 Å². The summed E-state index contributed by atoms with van der Waals surface area (Å²) in [5.74, 6) is 2.21. The van der Waals surface area contributed by atoms with Crippen molar-refractivity contribution < 1.29 is 14.3 Å². The van der Waals surface area contributed by atoms with Gasteiger partial charge >= 0.3 is 0 Å². The van der Waals surface area contributed by atoms with Gasteiger partial charge in [0.1, 0.15) is 12.2 Å². The minimum Gasteiger partial charge on any atom is -0.490 e. The average Bonchev–Trinajstić information content (AvgIpc) is 3.15. The van der Waals surface area contributed by atoms with E-state index in [9.17, 15) is 4.79 Å². The molecule has 0 saturated heterocycles. The molecule has 28 heavy (non-hydrogen) atoms. The number of nitrogens with zero attached hydrogens (tertiary/aromatic N) is 4. The topological polar surface area (TPSA) is 81.5 Å². The number of rotatable bonds is 8. The number of aromatic nitrogens is 3. The zero-order valence-electron chi connectivity index (χ0n) is 17.0. The van der Waals surface area contributed by atoms with Gasteiger partial charge in [-0.3, -0.25) is 4.79 Å². The van der Waals surface area contributed by atoms with E-state index in [1.54, 1.807) is 27.3 Å².